The van der Waals surface area contributed by atoms with Crippen molar-refractivity contribution in [1.82, 2.24) is 9.97 Å². The standard InChI is InChI=1S/C13H14ClN3S/c1-9(10-3-5-11(14)6-4-10)17-12-7-13(18-2)16-8-15-12/h3-9H,1-2H3,(H,15,16,17). The highest BCUT2D eigenvalue weighted by atomic mass is 35.5. The molecule has 0 radical (unpaired) electrons. The second kappa shape index (κ2) is 6.07. The summed E-state index contributed by atoms with van der Waals surface area (Å²) in [5, 5.41) is 5.05. The lowest BCUT2D eigenvalue weighted by Gasteiger charge is -2.15. The molecule has 18 heavy (non-hydrogen) atoms. The van der Waals surface area contributed by atoms with Crippen LogP contribution in [0.1, 0.15) is 18.5 Å². The van der Waals surface area contributed by atoms with Crippen molar-refractivity contribution in [2.24, 2.45) is 0 Å². The average molecular weight is 280 g/mol. The first-order chi connectivity index (χ1) is 8.69. The zero-order chi connectivity index (χ0) is 13.0. The van der Waals surface area contributed by atoms with Crippen LogP contribution in [0.3, 0.4) is 0 Å². The molecule has 0 aliphatic rings. The molecule has 1 unspecified atom stereocenters. The molecule has 0 amide bonds. The fourth-order valence-corrected chi connectivity index (χ4v) is 2.09. The van der Waals surface area contributed by atoms with Crippen molar-refractivity contribution < 1.29 is 0 Å². The first-order valence-corrected chi connectivity index (χ1v) is 7.17. The van der Waals surface area contributed by atoms with Gasteiger partial charge in [-0.2, -0.15) is 0 Å². The summed E-state index contributed by atoms with van der Waals surface area (Å²) >= 11 is 7.47. The summed E-state index contributed by atoms with van der Waals surface area (Å²) < 4.78 is 0. The molecular formula is C13H14ClN3S. The normalized spacial score (nSPS) is 12.2. The topological polar surface area (TPSA) is 37.8 Å². The van der Waals surface area contributed by atoms with Crippen LogP contribution in [-0.2, 0) is 0 Å². The molecule has 5 heteroatoms. The van der Waals surface area contributed by atoms with Gasteiger partial charge in [-0.1, -0.05) is 23.7 Å². The van der Waals surface area contributed by atoms with E-state index in [1.165, 1.54) is 5.56 Å². The van der Waals surface area contributed by atoms with Crippen LogP contribution in [0.5, 0.6) is 0 Å². The molecule has 2 rings (SSSR count). The maximum absolute atomic E-state index is 5.87. The van der Waals surface area contributed by atoms with Crippen molar-refractivity contribution in [1.29, 1.82) is 0 Å². The van der Waals surface area contributed by atoms with E-state index >= 15 is 0 Å². The Bertz CT molecular complexity index is 516. The highest BCUT2D eigenvalue weighted by molar-refractivity contribution is 7.98. The van der Waals surface area contributed by atoms with Gasteiger partial charge in [-0.25, -0.2) is 9.97 Å². The average Bonchev–Trinajstić information content (AvgIpc) is 2.39. The molecule has 0 aliphatic carbocycles. The molecular weight excluding hydrogens is 266 g/mol. The number of nitrogens with zero attached hydrogens (tertiary/aromatic N) is 2. The highest BCUT2D eigenvalue weighted by Gasteiger charge is 2.06. The van der Waals surface area contributed by atoms with E-state index in [2.05, 4.69) is 22.2 Å². The van der Waals surface area contributed by atoms with Gasteiger partial charge in [0.15, 0.2) is 0 Å². The minimum Gasteiger partial charge on any atom is -0.363 e. The first-order valence-electron chi connectivity index (χ1n) is 5.57. The second-order valence-electron chi connectivity index (χ2n) is 3.86. The summed E-state index contributed by atoms with van der Waals surface area (Å²) in [7, 11) is 0. The number of aromatic nitrogens is 2. The highest BCUT2D eigenvalue weighted by Crippen LogP contribution is 2.21. The first kappa shape index (κ1) is 13.2. The summed E-state index contributed by atoms with van der Waals surface area (Å²) in [5.74, 6) is 0.830. The Morgan fingerprint density at radius 1 is 1.22 bits per heavy atom. The maximum Gasteiger partial charge on any atom is 0.130 e. The third-order valence-electron chi connectivity index (χ3n) is 2.59. The molecule has 1 N–H and O–H groups in total. The van der Waals surface area contributed by atoms with Crippen molar-refractivity contribution in [2.75, 3.05) is 11.6 Å². The smallest absolute Gasteiger partial charge is 0.130 e. The van der Waals surface area contributed by atoms with E-state index in [0.717, 1.165) is 15.9 Å². The maximum atomic E-state index is 5.87. The number of hydrogen-bond donors (Lipinski definition) is 1. The molecule has 2 aromatic rings. The number of halogens is 1. The largest absolute Gasteiger partial charge is 0.363 e. The lowest BCUT2D eigenvalue weighted by atomic mass is 10.1. The molecule has 1 aromatic carbocycles. The third-order valence-corrected chi connectivity index (χ3v) is 3.48. The Hall–Kier alpha value is -1.26. The van der Waals surface area contributed by atoms with Crippen LogP contribution in [-0.4, -0.2) is 16.2 Å². The zero-order valence-electron chi connectivity index (χ0n) is 10.2. The van der Waals surface area contributed by atoms with E-state index in [0.29, 0.717) is 0 Å². The van der Waals surface area contributed by atoms with Crippen LogP contribution < -0.4 is 5.32 Å². The summed E-state index contributed by atoms with van der Waals surface area (Å²) in [5.41, 5.74) is 1.17. The Morgan fingerprint density at radius 3 is 2.61 bits per heavy atom. The Balaban J connectivity index is 2.10. The minimum absolute atomic E-state index is 0.173. The lowest BCUT2D eigenvalue weighted by Crippen LogP contribution is -2.08. The number of thioether (sulfide) groups is 1. The van der Waals surface area contributed by atoms with Gasteiger partial charge in [-0.3, -0.25) is 0 Å². The van der Waals surface area contributed by atoms with Crippen LogP contribution in [0.4, 0.5) is 5.82 Å². The summed E-state index contributed by atoms with van der Waals surface area (Å²) in [6.07, 6.45) is 3.57. The SMILES string of the molecule is CSc1cc(NC(C)c2ccc(Cl)cc2)ncn1. The fraction of sp³-hybridized carbons (Fsp3) is 0.231. The number of anilines is 1. The Morgan fingerprint density at radius 2 is 1.94 bits per heavy atom. The minimum atomic E-state index is 0.173. The molecule has 0 bridgehead atoms. The number of hydrogen-bond acceptors (Lipinski definition) is 4. The van der Waals surface area contributed by atoms with Crippen LogP contribution in [0.2, 0.25) is 5.02 Å². The third kappa shape index (κ3) is 3.37. The fourth-order valence-electron chi connectivity index (χ4n) is 1.59. The van der Waals surface area contributed by atoms with Gasteiger partial charge in [0.1, 0.15) is 17.2 Å². The zero-order valence-corrected chi connectivity index (χ0v) is 11.8. The lowest BCUT2D eigenvalue weighted by molar-refractivity contribution is 0.866. The number of rotatable bonds is 4. The van der Waals surface area contributed by atoms with E-state index in [1.807, 2.05) is 36.6 Å². The van der Waals surface area contributed by atoms with Crippen molar-refractivity contribution in [3.8, 4) is 0 Å². The van der Waals surface area contributed by atoms with Crippen molar-refractivity contribution in [2.45, 2.75) is 18.0 Å². The monoisotopic (exact) mass is 279 g/mol. The molecule has 1 atom stereocenters. The molecule has 1 aromatic heterocycles. The predicted molar refractivity (Wildman–Crippen MR) is 77.3 cm³/mol. The molecule has 0 saturated carbocycles. The van der Waals surface area contributed by atoms with Crippen molar-refractivity contribution in [3.63, 3.8) is 0 Å². The molecule has 0 aliphatic heterocycles. The van der Waals surface area contributed by atoms with Gasteiger partial charge in [0.05, 0.1) is 0 Å². The molecule has 0 spiro atoms. The van der Waals surface area contributed by atoms with Gasteiger partial charge < -0.3 is 5.32 Å². The van der Waals surface area contributed by atoms with Crippen LogP contribution in [0.25, 0.3) is 0 Å². The Labute approximate surface area is 116 Å². The van der Waals surface area contributed by atoms with E-state index < -0.39 is 0 Å². The van der Waals surface area contributed by atoms with Gasteiger partial charge in [-0.15, -0.1) is 11.8 Å². The van der Waals surface area contributed by atoms with E-state index in [-0.39, 0.29) is 6.04 Å². The summed E-state index contributed by atoms with van der Waals surface area (Å²) in [6.45, 7) is 2.09. The molecule has 1 heterocycles. The van der Waals surface area contributed by atoms with Crippen LogP contribution in [0, 0.1) is 0 Å². The number of nitrogens with one attached hydrogen (secondary N) is 1. The van der Waals surface area contributed by atoms with Crippen LogP contribution >= 0.6 is 23.4 Å². The van der Waals surface area contributed by atoms with E-state index in [9.17, 15) is 0 Å². The van der Waals surface area contributed by atoms with E-state index in [4.69, 9.17) is 11.6 Å². The van der Waals surface area contributed by atoms with Crippen molar-refractivity contribution >= 4 is 29.2 Å². The second-order valence-corrected chi connectivity index (χ2v) is 5.13. The summed E-state index contributed by atoms with van der Waals surface area (Å²) in [4.78, 5) is 8.35. The molecule has 3 nitrogen and oxygen atoms in total. The molecule has 0 fully saturated rings. The van der Waals surface area contributed by atoms with E-state index in [1.54, 1.807) is 18.1 Å². The molecule has 94 valence electrons. The van der Waals surface area contributed by atoms with Gasteiger partial charge in [0.2, 0.25) is 0 Å². The predicted octanol–water partition coefficient (Wildman–Crippen LogP) is 4.03. The molecule has 0 saturated heterocycles. The van der Waals surface area contributed by atoms with Gasteiger partial charge in [0, 0.05) is 17.1 Å². The van der Waals surface area contributed by atoms with Gasteiger partial charge >= 0.3 is 0 Å². The Kier molecular flexibility index (Phi) is 4.44. The van der Waals surface area contributed by atoms with Gasteiger partial charge in [0.25, 0.3) is 0 Å². The summed E-state index contributed by atoms with van der Waals surface area (Å²) in [6, 6.07) is 9.92. The number of benzene rings is 1. The van der Waals surface area contributed by atoms with Crippen LogP contribution in [0.15, 0.2) is 41.7 Å². The quantitative estimate of drug-likeness (QED) is 0.677. The van der Waals surface area contributed by atoms with Crippen molar-refractivity contribution in [3.05, 3.63) is 47.2 Å². The van der Waals surface area contributed by atoms with Gasteiger partial charge in [-0.05, 0) is 30.9 Å².